The number of nitrogens with one attached hydrogen (secondary N) is 1. The number of anilines is 2. The molecule has 1 aliphatic rings. The van der Waals surface area contributed by atoms with Crippen LogP contribution in [0.15, 0.2) is 48.5 Å². The van der Waals surface area contributed by atoms with Gasteiger partial charge in [0.15, 0.2) is 0 Å². The summed E-state index contributed by atoms with van der Waals surface area (Å²) in [5, 5.41) is 9.15. The summed E-state index contributed by atoms with van der Waals surface area (Å²) < 4.78 is 1.83. The van der Waals surface area contributed by atoms with Crippen molar-refractivity contribution in [3.8, 4) is 0 Å². The average molecular weight is 360 g/mol. The highest BCUT2D eigenvalue weighted by Gasteiger charge is 2.30. The Bertz CT molecular complexity index is 875. The standard InChI is InChI=1S/C17H15Cl2N5/c18-12-6-4-10(5-7-12)14-9-15(11-2-1-3-13(19)8-11)24-17(21-14)22-16(20)23-24/h1-8,14-15H,9H2,(H3,20,21,22,23)/t14-,15-/m1/s1. The normalized spacial score (nSPS) is 19.6. The smallest absolute Gasteiger partial charge is 0.241 e. The molecule has 4 rings (SSSR count). The number of hydrogen-bond acceptors (Lipinski definition) is 4. The van der Waals surface area contributed by atoms with Crippen LogP contribution in [0.25, 0.3) is 0 Å². The number of halogens is 2. The molecule has 0 spiro atoms. The van der Waals surface area contributed by atoms with Crippen LogP contribution in [0.4, 0.5) is 11.9 Å². The zero-order valence-electron chi connectivity index (χ0n) is 12.7. The van der Waals surface area contributed by atoms with Gasteiger partial charge in [0.25, 0.3) is 0 Å². The van der Waals surface area contributed by atoms with Gasteiger partial charge >= 0.3 is 0 Å². The van der Waals surface area contributed by atoms with Crippen molar-refractivity contribution < 1.29 is 0 Å². The van der Waals surface area contributed by atoms with E-state index < -0.39 is 0 Å². The Balaban J connectivity index is 1.76. The number of nitrogens with two attached hydrogens (primary N) is 1. The fraction of sp³-hybridized carbons (Fsp3) is 0.176. The molecule has 7 heteroatoms. The van der Waals surface area contributed by atoms with Crippen molar-refractivity contribution in [1.29, 1.82) is 0 Å². The van der Waals surface area contributed by atoms with Gasteiger partial charge in [0.05, 0.1) is 12.1 Å². The van der Waals surface area contributed by atoms with Gasteiger partial charge in [0.1, 0.15) is 0 Å². The third-order valence-corrected chi connectivity index (χ3v) is 4.70. The maximum atomic E-state index is 6.17. The van der Waals surface area contributed by atoms with Crippen LogP contribution in [-0.4, -0.2) is 14.8 Å². The quantitative estimate of drug-likeness (QED) is 0.714. The summed E-state index contributed by atoms with van der Waals surface area (Å²) in [6, 6.07) is 15.7. The number of nitrogen functional groups attached to an aromatic ring is 1. The minimum atomic E-state index is 0.00503. The van der Waals surface area contributed by atoms with Crippen molar-refractivity contribution in [3.05, 3.63) is 69.7 Å². The van der Waals surface area contributed by atoms with Crippen molar-refractivity contribution in [2.24, 2.45) is 0 Å². The Labute approximate surface area is 149 Å². The summed E-state index contributed by atoms with van der Waals surface area (Å²) in [6.07, 6.45) is 0.803. The highest BCUT2D eigenvalue weighted by molar-refractivity contribution is 6.30. The molecule has 0 saturated heterocycles. The van der Waals surface area contributed by atoms with Crippen LogP contribution >= 0.6 is 23.2 Å². The zero-order valence-corrected chi connectivity index (χ0v) is 14.2. The van der Waals surface area contributed by atoms with Gasteiger partial charge in [-0.1, -0.05) is 47.5 Å². The van der Waals surface area contributed by atoms with Crippen molar-refractivity contribution in [2.75, 3.05) is 11.1 Å². The van der Waals surface area contributed by atoms with Crippen LogP contribution in [0.5, 0.6) is 0 Å². The van der Waals surface area contributed by atoms with Crippen LogP contribution in [0.3, 0.4) is 0 Å². The maximum Gasteiger partial charge on any atom is 0.241 e. The number of hydrogen-bond donors (Lipinski definition) is 2. The molecular weight excluding hydrogens is 345 g/mol. The van der Waals surface area contributed by atoms with Crippen molar-refractivity contribution in [2.45, 2.75) is 18.5 Å². The van der Waals surface area contributed by atoms with Crippen LogP contribution < -0.4 is 11.1 Å². The predicted octanol–water partition coefficient (Wildman–Crippen LogP) is 4.31. The zero-order chi connectivity index (χ0) is 16.7. The lowest BCUT2D eigenvalue weighted by Crippen LogP contribution is -2.28. The van der Waals surface area contributed by atoms with Gasteiger partial charge in [-0.15, -0.1) is 5.10 Å². The Hall–Kier alpha value is -2.24. The molecule has 0 unspecified atom stereocenters. The highest BCUT2D eigenvalue weighted by atomic mass is 35.5. The van der Waals surface area contributed by atoms with E-state index in [-0.39, 0.29) is 18.0 Å². The van der Waals surface area contributed by atoms with Crippen LogP contribution in [0, 0.1) is 0 Å². The fourth-order valence-corrected chi connectivity index (χ4v) is 3.42. The molecule has 3 N–H and O–H groups in total. The maximum absolute atomic E-state index is 6.17. The number of benzene rings is 2. The number of rotatable bonds is 2. The first kappa shape index (κ1) is 15.3. The third-order valence-electron chi connectivity index (χ3n) is 4.21. The lowest BCUT2D eigenvalue weighted by Gasteiger charge is -2.31. The molecule has 122 valence electrons. The minimum Gasteiger partial charge on any atom is -0.366 e. The van der Waals surface area contributed by atoms with Gasteiger partial charge in [-0.2, -0.15) is 4.98 Å². The van der Waals surface area contributed by atoms with Gasteiger partial charge in [0, 0.05) is 10.0 Å². The Kier molecular flexibility index (Phi) is 3.82. The number of fused-ring (bicyclic) bond motifs is 1. The molecule has 0 bridgehead atoms. The summed E-state index contributed by atoms with van der Waals surface area (Å²) in [6.45, 7) is 0. The van der Waals surface area contributed by atoms with Crippen LogP contribution in [0.1, 0.15) is 29.6 Å². The van der Waals surface area contributed by atoms with Gasteiger partial charge in [-0.05, 0) is 41.8 Å². The lowest BCUT2D eigenvalue weighted by atomic mass is 9.93. The molecule has 1 aliphatic heterocycles. The summed E-state index contributed by atoms with van der Waals surface area (Å²) in [7, 11) is 0. The molecule has 5 nitrogen and oxygen atoms in total. The van der Waals surface area contributed by atoms with Gasteiger partial charge in [-0.3, -0.25) is 0 Å². The minimum absolute atomic E-state index is 0.00503. The molecule has 2 aromatic carbocycles. The van der Waals surface area contributed by atoms with E-state index in [1.807, 2.05) is 53.2 Å². The van der Waals surface area contributed by atoms with E-state index in [0.717, 1.165) is 17.5 Å². The monoisotopic (exact) mass is 359 g/mol. The van der Waals surface area contributed by atoms with Gasteiger partial charge in [-0.25, -0.2) is 4.68 Å². The molecule has 3 aromatic rings. The highest BCUT2D eigenvalue weighted by Crippen LogP contribution is 2.38. The molecule has 0 amide bonds. The van der Waals surface area contributed by atoms with Crippen molar-refractivity contribution >= 4 is 35.1 Å². The number of aromatic nitrogens is 3. The van der Waals surface area contributed by atoms with Crippen molar-refractivity contribution in [1.82, 2.24) is 14.8 Å². The molecule has 0 saturated carbocycles. The molecule has 0 aliphatic carbocycles. The van der Waals surface area contributed by atoms with E-state index in [1.54, 1.807) is 0 Å². The lowest BCUT2D eigenvalue weighted by molar-refractivity contribution is 0.431. The first-order valence-electron chi connectivity index (χ1n) is 7.59. The van der Waals surface area contributed by atoms with Gasteiger partial charge < -0.3 is 11.1 Å². The Morgan fingerprint density at radius 1 is 1.04 bits per heavy atom. The summed E-state index contributed by atoms with van der Waals surface area (Å²) in [5.74, 6) is 0.907. The SMILES string of the molecule is Nc1nc2n(n1)[C@@H](c1cccc(Cl)c1)C[C@H](c1ccc(Cl)cc1)N2. The average Bonchev–Trinajstić information content (AvgIpc) is 2.94. The van der Waals surface area contributed by atoms with E-state index in [2.05, 4.69) is 15.4 Å². The van der Waals surface area contributed by atoms with E-state index >= 15 is 0 Å². The van der Waals surface area contributed by atoms with Crippen molar-refractivity contribution in [3.63, 3.8) is 0 Å². The van der Waals surface area contributed by atoms with E-state index in [4.69, 9.17) is 28.9 Å². The second-order valence-electron chi connectivity index (χ2n) is 5.79. The molecule has 0 fully saturated rings. The fourth-order valence-electron chi connectivity index (χ4n) is 3.10. The number of nitrogens with zero attached hydrogens (tertiary/aromatic N) is 3. The third kappa shape index (κ3) is 2.81. The van der Waals surface area contributed by atoms with Crippen LogP contribution in [-0.2, 0) is 0 Å². The largest absolute Gasteiger partial charge is 0.366 e. The molecule has 2 atom stereocenters. The molecule has 1 aromatic heterocycles. The first-order chi connectivity index (χ1) is 11.6. The topological polar surface area (TPSA) is 68.8 Å². The summed E-state index contributed by atoms with van der Waals surface area (Å²) in [4.78, 5) is 4.30. The first-order valence-corrected chi connectivity index (χ1v) is 8.35. The second kappa shape index (κ2) is 6.00. The molecule has 24 heavy (non-hydrogen) atoms. The molecule has 0 radical (unpaired) electrons. The van der Waals surface area contributed by atoms with Gasteiger partial charge in [0.2, 0.25) is 11.9 Å². The van der Waals surface area contributed by atoms with E-state index in [9.17, 15) is 0 Å². The molecular formula is C17H15Cl2N5. The van der Waals surface area contributed by atoms with E-state index in [1.165, 1.54) is 0 Å². The van der Waals surface area contributed by atoms with Crippen LogP contribution in [0.2, 0.25) is 10.0 Å². The second-order valence-corrected chi connectivity index (χ2v) is 6.67. The molecule has 2 heterocycles. The summed E-state index contributed by atoms with van der Waals surface area (Å²) in [5.41, 5.74) is 8.02. The predicted molar refractivity (Wildman–Crippen MR) is 96.5 cm³/mol. The Morgan fingerprint density at radius 2 is 1.83 bits per heavy atom. The Morgan fingerprint density at radius 3 is 2.58 bits per heavy atom. The van der Waals surface area contributed by atoms with E-state index in [0.29, 0.717) is 16.0 Å². The summed E-state index contributed by atoms with van der Waals surface area (Å²) >= 11 is 12.2.